The number of alkyl halides is 1. The first kappa shape index (κ1) is 8.84. The summed E-state index contributed by atoms with van der Waals surface area (Å²) in [6.45, 7) is 2.75. The Morgan fingerprint density at radius 1 is 1.36 bits per heavy atom. The van der Waals surface area contributed by atoms with Crippen LogP contribution >= 0.6 is 22.6 Å². The fourth-order valence-electron chi connectivity index (χ4n) is 0.911. The van der Waals surface area contributed by atoms with Crippen molar-refractivity contribution in [1.82, 2.24) is 0 Å². The third kappa shape index (κ3) is 2.36. The first-order chi connectivity index (χ1) is 5.38. The van der Waals surface area contributed by atoms with Crippen molar-refractivity contribution in [1.29, 1.82) is 0 Å². The molecule has 0 fully saturated rings. The van der Waals surface area contributed by atoms with Crippen molar-refractivity contribution in [2.75, 3.05) is 6.61 Å². The van der Waals surface area contributed by atoms with Crippen LogP contribution in [0.25, 0.3) is 0 Å². The van der Waals surface area contributed by atoms with Crippen LogP contribution in [-0.4, -0.2) is 6.61 Å². The number of ether oxygens (including phenoxy) is 1. The van der Waals surface area contributed by atoms with E-state index in [1.165, 1.54) is 5.56 Å². The van der Waals surface area contributed by atoms with Crippen molar-refractivity contribution in [3.05, 3.63) is 29.8 Å². The molecule has 1 aromatic carbocycles. The molecule has 1 nitrogen and oxygen atoms in total. The molecule has 2 heteroatoms. The Morgan fingerprint density at radius 2 is 2.09 bits per heavy atom. The van der Waals surface area contributed by atoms with Crippen LogP contribution in [0.2, 0.25) is 0 Å². The van der Waals surface area contributed by atoms with Crippen LogP contribution < -0.4 is 4.74 Å². The first-order valence-corrected chi connectivity index (χ1v) is 5.17. The van der Waals surface area contributed by atoms with E-state index in [9.17, 15) is 0 Å². The van der Waals surface area contributed by atoms with E-state index in [1.54, 1.807) is 0 Å². The molecule has 0 unspecified atom stereocenters. The van der Waals surface area contributed by atoms with Gasteiger partial charge in [-0.1, -0.05) is 40.8 Å². The summed E-state index contributed by atoms with van der Waals surface area (Å²) in [4.78, 5) is 0. The molecule has 0 radical (unpaired) electrons. The highest BCUT2D eigenvalue weighted by molar-refractivity contribution is 14.1. The monoisotopic (exact) mass is 262 g/mol. The van der Waals surface area contributed by atoms with E-state index in [1.807, 2.05) is 25.1 Å². The highest BCUT2D eigenvalue weighted by Gasteiger charge is 1.98. The lowest BCUT2D eigenvalue weighted by atomic mass is 10.2. The van der Waals surface area contributed by atoms with Crippen molar-refractivity contribution >= 4 is 22.6 Å². The highest BCUT2D eigenvalue weighted by Crippen LogP contribution is 2.20. The van der Waals surface area contributed by atoms with Gasteiger partial charge >= 0.3 is 0 Å². The van der Waals surface area contributed by atoms with Gasteiger partial charge in [-0.15, -0.1) is 0 Å². The molecule has 0 amide bonds. The number of benzene rings is 1. The predicted octanol–water partition coefficient (Wildman–Crippen LogP) is 3.02. The summed E-state index contributed by atoms with van der Waals surface area (Å²) >= 11 is 2.34. The lowest BCUT2D eigenvalue weighted by Crippen LogP contribution is -1.94. The SMILES string of the molecule is CCOc1ccccc1CI. The van der Waals surface area contributed by atoms with Gasteiger partial charge < -0.3 is 4.74 Å². The second-order valence-electron chi connectivity index (χ2n) is 2.17. The summed E-state index contributed by atoms with van der Waals surface area (Å²) in [5.41, 5.74) is 1.27. The number of hydrogen-bond donors (Lipinski definition) is 0. The zero-order valence-corrected chi connectivity index (χ0v) is 8.67. The van der Waals surface area contributed by atoms with E-state index in [4.69, 9.17) is 4.74 Å². The zero-order valence-electron chi connectivity index (χ0n) is 6.51. The maximum atomic E-state index is 5.42. The van der Waals surface area contributed by atoms with Crippen LogP contribution in [0.15, 0.2) is 24.3 Å². The van der Waals surface area contributed by atoms with Crippen LogP contribution in [-0.2, 0) is 4.43 Å². The van der Waals surface area contributed by atoms with E-state index in [0.717, 1.165) is 16.8 Å². The van der Waals surface area contributed by atoms with E-state index < -0.39 is 0 Å². The average molecular weight is 262 g/mol. The number of hydrogen-bond acceptors (Lipinski definition) is 1. The minimum atomic E-state index is 0.744. The van der Waals surface area contributed by atoms with Gasteiger partial charge in [0.1, 0.15) is 5.75 Å². The molecule has 0 aliphatic rings. The Kier molecular flexibility index (Phi) is 3.69. The van der Waals surface area contributed by atoms with E-state index in [0.29, 0.717) is 0 Å². The molecule has 0 atom stereocenters. The van der Waals surface area contributed by atoms with Gasteiger partial charge in [-0.3, -0.25) is 0 Å². The number of para-hydroxylation sites is 1. The molecule has 1 aromatic rings. The van der Waals surface area contributed by atoms with Gasteiger partial charge in [0, 0.05) is 9.99 Å². The van der Waals surface area contributed by atoms with E-state index >= 15 is 0 Å². The van der Waals surface area contributed by atoms with Crippen LogP contribution in [0.3, 0.4) is 0 Å². The Bertz CT molecular complexity index is 223. The van der Waals surface area contributed by atoms with Crippen LogP contribution in [0.4, 0.5) is 0 Å². The minimum absolute atomic E-state index is 0.744. The lowest BCUT2D eigenvalue weighted by Gasteiger charge is -2.06. The lowest BCUT2D eigenvalue weighted by molar-refractivity contribution is 0.338. The van der Waals surface area contributed by atoms with Gasteiger partial charge in [-0.05, 0) is 13.0 Å². The molecule has 0 aliphatic carbocycles. The fourth-order valence-corrected chi connectivity index (χ4v) is 1.54. The summed E-state index contributed by atoms with van der Waals surface area (Å²) in [7, 11) is 0. The Balaban J connectivity index is 2.83. The fraction of sp³-hybridized carbons (Fsp3) is 0.333. The quantitative estimate of drug-likeness (QED) is 0.601. The van der Waals surface area contributed by atoms with Crippen molar-refractivity contribution < 1.29 is 4.74 Å². The molecule has 0 spiro atoms. The topological polar surface area (TPSA) is 9.23 Å². The molecule has 0 heterocycles. The predicted molar refractivity (Wildman–Crippen MR) is 55.3 cm³/mol. The summed E-state index contributed by atoms with van der Waals surface area (Å²) in [5, 5.41) is 0. The summed E-state index contributed by atoms with van der Waals surface area (Å²) in [6.07, 6.45) is 0. The van der Waals surface area contributed by atoms with Gasteiger partial charge in [0.15, 0.2) is 0 Å². The molecule has 60 valence electrons. The molecule has 1 rings (SSSR count). The highest BCUT2D eigenvalue weighted by atomic mass is 127. The third-order valence-electron chi connectivity index (χ3n) is 1.42. The number of halogens is 1. The first-order valence-electron chi connectivity index (χ1n) is 3.65. The summed E-state index contributed by atoms with van der Waals surface area (Å²) < 4.78 is 6.43. The van der Waals surface area contributed by atoms with Gasteiger partial charge in [0.2, 0.25) is 0 Å². The van der Waals surface area contributed by atoms with Gasteiger partial charge in [-0.25, -0.2) is 0 Å². The van der Waals surface area contributed by atoms with Crippen LogP contribution in [0, 0.1) is 0 Å². The molecule has 0 aliphatic heterocycles. The molecular weight excluding hydrogens is 251 g/mol. The maximum absolute atomic E-state index is 5.42. The Labute approximate surface area is 80.9 Å². The Morgan fingerprint density at radius 3 is 2.73 bits per heavy atom. The van der Waals surface area contributed by atoms with Crippen molar-refractivity contribution in [2.24, 2.45) is 0 Å². The standard InChI is InChI=1S/C9H11IO/c1-2-11-9-6-4-3-5-8(9)7-10/h3-6H,2,7H2,1H3. The van der Waals surface area contributed by atoms with Crippen LogP contribution in [0.1, 0.15) is 12.5 Å². The van der Waals surface area contributed by atoms with Gasteiger partial charge in [0.25, 0.3) is 0 Å². The molecule has 0 saturated heterocycles. The Hall–Kier alpha value is -0.250. The molecule has 11 heavy (non-hydrogen) atoms. The third-order valence-corrected chi connectivity index (χ3v) is 2.24. The zero-order chi connectivity index (χ0) is 8.10. The summed E-state index contributed by atoms with van der Waals surface area (Å²) in [6, 6.07) is 8.15. The van der Waals surface area contributed by atoms with Crippen molar-refractivity contribution in [3.63, 3.8) is 0 Å². The minimum Gasteiger partial charge on any atom is -0.494 e. The molecule has 0 aromatic heterocycles. The average Bonchev–Trinajstić information content (AvgIpc) is 2.06. The normalized spacial score (nSPS) is 9.64. The number of rotatable bonds is 3. The maximum Gasteiger partial charge on any atom is 0.123 e. The largest absolute Gasteiger partial charge is 0.494 e. The smallest absolute Gasteiger partial charge is 0.123 e. The van der Waals surface area contributed by atoms with Gasteiger partial charge in [-0.2, -0.15) is 0 Å². The van der Waals surface area contributed by atoms with E-state index in [-0.39, 0.29) is 0 Å². The van der Waals surface area contributed by atoms with E-state index in [2.05, 4.69) is 28.7 Å². The second-order valence-corrected chi connectivity index (χ2v) is 2.94. The second kappa shape index (κ2) is 4.59. The van der Waals surface area contributed by atoms with Gasteiger partial charge in [0.05, 0.1) is 6.61 Å². The molecular formula is C9H11IO. The van der Waals surface area contributed by atoms with Crippen molar-refractivity contribution in [3.8, 4) is 5.75 Å². The molecule has 0 N–H and O–H groups in total. The molecule has 0 bridgehead atoms. The van der Waals surface area contributed by atoms with Crippen LogP contribution in [0.5, 0.6) is 5.75 Å². The summed E-state index contributed by atoms with van der Waals surface area (Å²) in [5.74, 6) is 1.02. The molecule has 0 saturated carbocycles. The van der Waals surface area contributed by atoms with Crippen molar-refractivity contribution in [2.45, 2.75) is 11.4 Å².